The maximum absolute atomic E-state index is 13.1. The Hall–Kier alpha value is -2.45. The van der Waals surface area contributed by atoms with E-state index < -0.39 is 11.7 Å². The van der Waals surface area contributed by atoms with Crippen LogP contribution in [0.25, 0.3) is 0 Å². The van der Waals surface area contributed by atoms with Gasteiger partial charge in [-0.15, -0.1) is 0 Å². The topological polar surface area (TPSA) is 43.0 Å². The Morgan fingerprint density at radius 2 is 1.50 bits per heavy atom. The molecule has 1 saturated heterocycles. The number of rotatable bonds is 6. The summed E-state index contributed by atoms with van der Waals surface area (Å²) in [4.78, 5) is 2.26. The molecular formula is C22H27F3N2O3. The van der Waals surface area contributed by atoms with Crippen LogP contribution in [0.1, 0.15) is 29.2 Å². The highest BCUT2D eigenvalue weighted by Crippen LogP contribution is 2.42. The van der Waals surface area contributed by atoms with Crippen molar-refractivity contribution < 1.29 is 27.4 Å². The number of nitrogens with one attached hydrogen (secondary N) is 1. The molecule has 164 valence electrons. The molecule has 0 spiro atoms. The zero-order valence-corrected chi connectivity index (χ0v) is 17.4. The molecule has 1 atom stereocenters. The van der Waals surface area contributed by atoms with Crippen LogP contribution in [-0.4, -0.2) is 52.4 Å². The largest absolute Gasteiger partial charge is 0.496 e. The highest BCUT2D eigenvalue weighted by atomic mass is 19.4. The van der Waals surface area contributed by atoms with E-state index in [4.69, 9.17) is 14.2 Å². The van der Waals surface area contributed by atoms with Gasteiger partial charge in [-0.25, -0.2) is 0 Å². The lowest BCUT2D eigenvalue weighted by molar-refractivity contribution is -0.137. The van der Waals surface area contributed by atoms with Crippen molar-refractivity contribution in [3.63, 3.8) is 0 Å². The monoisotopic (exact) mass is 424 g/mol. The highest BCUT2D eigenvalue weighted by Gasteiger charge is 2.32. The van der Waals surface area contributed by atoms with E-state index in [1.807, 2.05) is 6.07 Å². The minimum absolute atomic E-state index is 0.290. The molecule has 0 amide bonds. The Balaban J connectivity index is 2.12. The van der Waals surface area contributed by atoms with Crippen molar-refractivity contribution in [2.45, 2.75) is 18.6 Å². The Morgan fingerprint density at radius 1 is 0.867 bits per heavy atom. The quantitative estimate of drug-likeness (QED) is 0.756. The lowest BCUT2D eigenvalue weighted by atomic mass is 9.94. The van der Waals surface area contributed by atoms with Gasteiger partial charge in [-0.2, -0.15) is 13.2 Å². The predicted molar refractivity (Wildman–Crippen MR) is 108 cm³/mol. The molecule has 5 nitrogen and oxygen atoms in total. The highest BCUT2D eigenvalue weighted by molar-refractivity contribution is 5.54. The number of halogens is 3. The van der Waals surface area contributed by atoms with E-state index in [2.05, 4.69) is 10.2 Å². The number of ether oxygens (including phenoxy) is 3. The second-order valence-electron chi connectivity index (χ2n) is 7.11. The van der Waals surface area contributed by atoms with Crippen LogP contribution in [0.2, 0.25) is 0 Å². The first-order valence-corrected chi connectivity index (χ1v) is 9.81. The summed E-state index contributed by atoms with van der Waals surface area (Å²) in [5.74, 6) is 1.66. The Morgan fingerprint density at radius 3 is 2.10 bits per heavy atom. The summed E-state index contributed by atoms with van der Waals surface area (Å²) in [6, 6.07) is 8.66. The zero-order chi connectivity index (χ0) is 21.7. The zero-order valence-electron chi connectivity index (χ0n) is 17.4. The number of alkyl halides is 3. The summed E-state index contributed by atoms with van der Waals surface area (Å²) in [7, 11) is 4.67. The molecule has 0 aromatic heterocycles. The average molecular weight is 424 g/mol. The lowest BCUT2D eigenvalue weighted by Crippen LogP contribution is -2.33. The first-order valence-electron chi connectivity index (χ1n) is 9.81. The fourth-order valence-electron chi connectivity index (χ4n) is 3.83. The normalized spacial score (nSPS) is 16.6. The van der Waals surface area contributed by atoms with Gasteiger partial charge in [-0.05, 0) is 36.7 Å². The van der Waals surface area contributed by atoms with Crippen LogP contribution >= 0.6 is 0 Å². The summed E-state index contributed by atoms with van der Waals surface area (Å²) in [6.45, 7) is 3.26. The molecule has 0 aliphatic carbocycles. The van der Waals surface area contributed by atoms with E-state index in [-0.39, 0.29) is 6.04 Å². The van der Waals surface area contributed by atoms with Crippen LogP contribution < -0.4 is 19.5 Å². The van der Waals surface area contributed by atoms with Crippen molar-refractivity contribution in [3.8, 4) is 17.2 Å². The van der Waals surface area contributed by atoms with Crippen molar-refractivity contribution in [2.24, 2.45) is 0 Å². The third-order valence-corrected chi connectivity index (χ3v) is 5.32. The van der Waals surface area contributed by atoms with Crippen molar-refractivity contribution in [2.75, 3.05) is 47.5 Å². The molecule has 2 aromatic carbocycles. The molecule has 0 saturated carbocycles. The van der Waals surface area contributed by atoms with E-state index in [1.165, 1.54) is 0 Å². The van der Waals surface area contributed by atoms with Crippen molar-refractivity contribution in [3.05, 3.63) is 53.1 Å². The molecule has 30 heavy (non-hydrogen) atoms. The number of hydrogen-bond donors (Lipinski definition) is 1. The van der Waals surface area contributed by atoms with Gasteiger partial charge in [0.15, 0.2) is 11.5 Å². The number of hydrogen-bond acceptors (Lipinski definition) is 5. The van der Waals surface area contributed by atoms with Crippen LogP contribution in [0.15, 0.2) is 36.4 Å². The van der Waals surface area contributed by atoms with Gasteiger partial charge in [0.25, 0.3) is 0 Å². The summed E-state index contributed by atoms with van der Waals surface area (Å²) in [5, 5.41) is 3.37. The van der Waals surface area contributed by atoms with Gasteiger partial charge in [0, 0.05) is 31.3 Å². The molecule has 3 rings (SSSR count). The van der Waals surface area contributed by atoms with Crippen LogP contribution in [0, 0.1) is 0 Å². The van der Waals surface area contributed by atoms with Crippen LogP contribution in [0.4, 0.5) is 13.2 Å². The van der Waals surface area contributed by atoms with Gasteiger partial charge < -0.3 is 19.5 Å². The Labute approximate surface area is 174 Å². The Bertz CT molecular complexity index is 833. The minimum Gasteiger partial charge on any atom is -0.496 e. The molecule has 1 fully saturated rings. The maximum atomic E-state index is 13.1. The first-order chi connectivity index (χ1) is 14.4. The molecule has 2 aromatic rings. The maximum Gasteiger partial charge on any atom is 0.416 e. The molecule has 1 N–H and O–H groups in total. The molecule has 8 heteroatoms. The second-order valence-corrected chi connectivity index (χ2v) is 7.11. The van der Waals surface area contributed by atoms with Gasteiger partial charge in [0.2, 0.25) is 0 Å². The summed E-state index contributed by atoms with van der Waals surface area (Å²) >= 11 is 0. The van der Waals surface area contributed by atoms with Crippen LogP contribution in [0.3, 0.4) is 0 Å². The number of methoxy groups -OCH3 is 3. The lowest BCUT2D eigenvalue weighted by Gasteiger charge is -2.32. The van der Waals surface area contributed by atoms with Gasteiger partial charge in [-0.3, -0.25) is 4.90 Å². The summed E-state index contributed by atoms with van der Waals surface area (Å²) in [5.41, 5.74) is 0.911. The SMILES string of the molecule is COc1cc(OC)c(C(c2ccc(C(F)(F)F)cc2)N2CCCNCC2)cc1OC. The molecule has 0 bridgehead atoms. The molecule has 1 aliphatic rings. The fraction of sp³-hybridized carbons (Fsp3) is 0.455. The summed E-state index contributed by atoms with van der Waals surface area (Å²) < 4.78 is 55.7. The van der Waals surface area contributed by atoms with E-state index in [0.717, 1.165) is 55.9 Å². The summed E-state index contributed by atoms with van der Waals surface area (Å²) in [6.07, 6.45) is -3.44. The van der Waals surface area contributed by atoms with Crippen LogP contribution in [-0.2, 0) is 6.18 Å². The number of nitrogens with zero attached hydrogens (tertiary/aromatic N) is 1. The Kier molecular flexibility index (Phi) is 7.10. The van der Waals surface area contributed by atoms with Crippen molar-refractivity contribution >= 4 is 0 Å². The fourth-order valence-corrected chi connectivity index (χ4v) is 3.83. The van der Waals surface area contributed by atoms with E-state index in [9.17, 15) is 13.2 Å². The molecule has 1 heterocycles. The third-order valence-electron chi connectivity index (χ3n) is 5.32. The van der Waals surface area contributed by atoms with E-state index in [0.29, 0.717) is 17.2 Å². The second kappa shape index (κ2) is 9.57. The number of benzene rings is 2. The van der Waals surface area contributed by atoms with Crippen LogP contribution in [0.5, 0.6) is 17.2 Å². The smallest absolute Gasteiger partial charge is 0.416 e. The minimum atomic E-state index is -4.37. The molecule has 1 unspecified atom stereocenters. The van der Waals surface area contributed by atoms with Gasteiger partial charge in [-0.1, -0.05) is 12.1 Å². The standard InChI is InChI=1S/C22H27F3N2O3/c1-28-18-14-20(30-3)19(29-2)13-17(18)21(27-11-4-9-26-10-12-27)15-5-7-16(8-6-15)22(23,24)25/h5-8,13-14,21,26H,4,9-12H2,1-3H3. The van der Waals surface area contributed by atoms with Gasteiger partial charge in [0.1, 0.15) is 5.75 Å². The average Bonchev–Trinajstić information content (AvgIpc) is 3.02. The molecular weight excluding hydrogens is 397 g/mol. The van der Waals surface area contributed by atoms with Gasteiger partial charge in [0.05, 0.1) is 32.9 Å². The first kappa shape index (κ1) is 22.2. The third kappa shape index (κ3) is 4.82. The van der Waals surface area contributed by atoms with Crippen molar-refractivity contribution in [1.82, 2.24) is 10.2 Å². The van der Waals surface area contributed by atoms with Crippen molar-refractivity contribution in [1.29, 1.82) is 0 Å². The molecule has 1 aliphatic heterocycles. The van der Waals surface area contributed by atoms with E-state index in [1.54, 1.807) is 39.5 Å². The molecule has 0 radical (unpaired) electrons. The predicted octanol–water partition coefficient (Wildman–Crippen LogP) is 4.12. The van der Waals surface area contributed by atoms with Gasteiger partial charge >= 0.3 is 6.18 Å². The van der Waals surface area contributed by atoms with E-state index >= 15 is 0 Å².